The van der Waals surface area contributed by atoms with Crippen molar-refractivity contribution >= 4 is 52.5 Å². The summed E-state index contributed by atoms with van der Waals surface area (Å²) >= 11 is 12.3. The Hall–Kier alpha value is -3.30. The number of anilines is 1. The molecule has 0 bridgehead atoms. The van der Waals surface area contributed by atoms with Crippen molar-refractivity contribution in [3.8, 4) is 0 Å². The van der Waals surface area contributed by atoms with Crippen LogP contribution in [0.4, 0.5) is 5.69 Å². The predicted octanol–water partition coefficient (Wildman–Crippen LogP) is 2.97. The highest BCUT2D eigenvalue weighted by Gasteiger charge is 2.54. The van der Waals surface area contributed by atoms with E-state index in [2.05, 4.69) is 4.90 Å². The number of halogens is 2. The van der Waals surface area contributed by atoms with E-state index >= 15 is 0 Å². The van der Waals surface area contributed by atoms with Gasteiger partial charge in [0.2, 0.25) is 11.8 Å². The van der Waals surface area contributed by atoms with Gasteiger partial charge in [-0.25, -0.2) is 0 Å². The molecule has 0 aromatic heterocycles. The largest absolute Gasteiger partial charge is 0.339 e. The summed E-state index contributed by atoms with van der Waals surface area (Å²) in [7, 11) is 0. The van der Waals surface area contributed by atoms with Gasteiger partial charge in [0.1, 0.15) is 12.1 Å². The minimum Gasteiger partial charge on any atom is -0.339 e. The zero-order valence-electron chi connectivity index (χ0n) is 21.8. The molecule has 9 nitrogen and oxygen atoms in total. The summed E-state index contributed by atoms with van der Waals surface area (Å²) in [5.41, 5.74) is 0.429. The van der Waals surface area contributed by atoms with Gasteiger partial charge in [0.05, 0.1) is 17.3 Å². The van der Waals surface area contributed by atoms with Gasteiger partial charge in [-0.1, -0.05) is 41.4 Å². The van der Waals surface area contributed by atoms with Crippen molar-refractivity contribution in [3.63, 3.8) is 0 Å². The molecule has 3 heterocycles. The van der Waals surface area contributed by atoms with E-state index in [0.717, 1.165) is 5.69 Å². The number of benzene rings is 2. The van der Waals surface area contributed by atoms with Crippen LogP contribution in [0.15, 0.2) is 48.5 Å². The Balaban J connectivity index is 1.32. The van der Waals surface area contributed by atoms with E-state index in [4.69, 9.17) is 23.2 Å². The van der Waals surface area contributed by atoms with E-state index in [1.165, 1.54) is 6.92 Å². The van der Waals surface area contributed by atoms with Gasteiger partial charge in [-0.3, -0.25) is 19.2 Å². The van der Waals surface area contributed by atoms with Gasteiger partial charge in [-0.15, -0.1) is 0 Å². The molecular weight excluding hydrogens is 541 g/mol. The molecule has 0 aliphatic carbocycles. The normalized spacial score (nSPS) is 19.2. The van der Waals surface area contributed by atoms with Crippen LogP contribution in [0.3, 0.4) is 0 Å². The first-order valence-corrected chi connectivity index (χ1v) is 13.8. The van der Waals surface area contributed by atoms with Crippen LogP contribution in [0.1, 0.15) is 30.1 Å². The molecule has 0 saturated carbocycles. The average molecular weight is 572 g/mol. The van der Waals surface area contributed by atoms with Gasteiger partial charge in [0.15, 0.2) is 0 Å². The number of carbonyl (C=O) groups is 4. The summed E-state index contributed by atoms with van der Waals surface area (Å²) in [5.74, 6) is -0.416. The minimum absolute atomic E-state index is 0.000391. The van der Waals surface area contributed by atoms with Gasteiger partial charge in [0.25, 0.3) is 11.8 Å². The molecule has 39 heavy (non-hydrogen) atoms. The molecule has 2 aromatic rings. The molecule has 2 aromatic carbocycles. The predicted molar refractivity (Wildman–Crippen MR) is 149 cm³/mol. The second-order valence-corrected chi connectivity index (χ2v) is 11.1. The Bertz CT molecular complexity index is 1270. The van der Waals surface area contributed by atoms with Crippen LogP contribution < -0.4 is 4.90 Å². The Morgan fingerprint density at radius 1 is 0.846 bits per heavy atom. The van der Waals surface area contributed by atoms with Crippen molar-refractivity contribution in [2.45, 2.75) is 25.3 Å². The third-order valence-electron chi connectivity index (χ3n) is 8.03. The average Bonchev–Trinajstić information content (AvgIpc) is 3.19. The van der Waals surface area contributed by atoms with Crippen LogP contribution in [-0.4, -0.2) is 101 Å². The fourth-order valence-corrected chi connectivity index (χ4v) is 6.26. The van der Waals surface area contributed by atoms with Crippen LogP contribution in [-0.2, 0) is 14.4 Å². The van der Waals surface area contributed by atoms with Crippen molar-refractivity contribution in [2.24, 2.45) is 0 Å². The molecule has 0 N–H and O–H groups in total. The van der Waals surface area contributed by atoms with E-state index < -0.39 is 5.54 Å². The van der Waals surface area contributed by atoms with E-state index in [9.17, 15) is 19.2 Å². The maximum Gasteiger partial charge on any atom is 0.255 e. The Labute approximate surface area is 237 Å². The molecule has 11 heteroatoms. The van der Waals surface area contributed by atoms with Crippen molar-refractivity contribution < 1.29 is 19.2 Å². The van der Waals surface area contributed by atoms with Gasteiger partial charge < -0.3 is 24.5 Å². The molecule has 3 fully saturated rings. The highest BCUT2D eigenvalue weighted by molar-refractivity contribution is 6.36. The van der Waals surface area contributed by atoms with Gasteiger partial charge >= 0.3 is 0 Å². The lowest BCUT2D eigenvalue weighted by atomic mass is 9.85. The van der Waals surface area contributed by atoms with Crippen LogP contribution >= 0.6 is 23.2 Å². The monoisotopic (exact) mass is 571 g/mol. The zero-order chi connectivity index (χ0) is 27.7. The first-order valence-electron chi connectivity index (χ1n) is 13.1. The first-order chi connectivity index (χ1) is 18.7. The van der Waals surface area contributed by atoms with Gasteiger partial charge in [-0.05, 0) is 43.2 Å². The van der Waals surface area contributed by atoms with Gasteiger partial charge in [0, 0.05) is 56.9 Å². The summed E-state index contributed by atoms with van der Waals surface area (Å²) in [6.45, 7) is 4.46. The molecule has 3 aliphatic heterocycles. The molecule has 1 spiro atoms. The van der Waals surface area contributed by atoms with Crippen LogP contribution in [0, 0.1) is 0 Å². The summed E-state index contributed by atoms with van der Waals surface area (Å²) in [6, 6.07) is 14.5. The van der Waals surface area contributed by atoms with Gasteiger partial charge in [-0.2, -0.15) is 0 Å². The number of amides is 4. The third kappa shape index (κ3) is 5.30. The van der Waals surface area contributed by atoms with E-state index in [1.807, 2.05) is 30.3 Å². The molecule has 0 atom stereocenters. The highest BCUT2D eigenvalue weighted by atomic mass is 35.5. The second kappa shape index (κ2) is 11.1. The molecular formula is C28H31Cl2N5O4. The molecule has 3 saturated heterocycles. The van der Waals surface area contributed by atoms with Crippen molar-refractivity contribution in [1.29, 1.82) is 0 Å². The fourth-order valence-electron chi connectivity index (χ4n) is 5.77. The van der Waals surface area contributed by atoms with E-state index in [-0.39, 0.29) is 30.2 Å². The van der Waals surface area contributed by atoms with Crippen molar-refractivity contribution in [2.75, 3.05) is 57.4 Å². The zero-order valence-corrected chi connectivity index (χ0v) is 23.3. The molecule has 0 unspecified atom stereocenters. The lowest BCUT2D eigenvalue weighted by Gasteiger charge is -2.43. The van der Waals surface area contributed by atoms with Crippen molar-refractivity contribution in [1.82, 2.24) is 19.6 Å². The molecule has 4 amide bonds. The standard InChI is InChI=1S/C28H31Cl2N5O4/c1-20(36)31-13-15-32(16-14-31)25(37)18-34-19-35(22-5-3-2-4-6-22)28(27(34)39)9-11-33(12-10-28)26(38)23-8-7-21(29)17-24(23)30/h2-8,17H,9-16,18-19H2,1H3. The molecule has 5 rings (SSSR count). The summed E-state index contributed by atoms with van der Waals surface area (Å²) < 4.78 is 0. The maximum absolute atomic E-state index is 14.0. The maximum atomic E-state index is 14.0. The Morgan fingerprint density at radius 3 is 2.10 bits per heavy atom. The van der Waals surface area contributed by atoms with Crippen LogP contribution in [0.25, 0.3) is 0 Å². The van der Waals surface area contributed by atoms with E-state index in [0.29, 0.717) is 74.4 Å². The SMILES string of the molecule is CC(=O)N1CCN(C(=O)CN2CN(c3ccccc3)C3(CCN(C(=O)c4ccc(Cl)cc4Cl)CC3)C2=O)CC1. The number of hydrogen-bond donors (Lipinski definition) is 0. The minimum atomic E-state index is -0.852. The molecule has 0 radical (unpaired) electrons. The summed E-state index contributed by atoms with van der Waals surface area (Å²) in [6.07, 6.45) is 0.860. The number of piperazine rings is 1. The Kier molecular flexibility index (Phi) is 7.73. The fraction of sp³-hybridized carbons (Fsp3) is 0.429. The molecule has 206 valence electrons. The number of piperidine rings is 1. The van der Waals surface area contributed by atoms with Crippen LogP contribution in [0.2, 0.25) is 10.0 Å². The number of hydrogen-bond acceptors (Lipinski definition) is 5. The van der Waals surface area contributed by atoms with Crippen LogP contribution in [0.5, 0.6) is 0 Å². The highest BCUT2D eigenvalue weighted by Crippen LogP contribution is 2.40. The summed E-state index contributed by atoms with van der Waals surface area (Å²) in [5, 5.41) is 0.754. The van der Waals surface area contributed by atoms with Crippen molar-refractivity contribution in [3.05, 3.63) is 64.1 Å². The lowest BCUT2D eigenvalue weighted by molar-refractivity contribution is -0.143. The number of nitrogens with zero attached hydrogens (tertiary/aromatic N) is 5. The second-order valence-electron chi connectivity index (χ2n) is 10.2. The first kappa shape index (κ1) is 27.3. The number of likely N-dealkylation sites (tertiary alicyclic amines) is 1. The topological polar surface area (TPSA) is 84.5 Å². The number of para-hydroxylation sites is 1. The number of carbonyl (C=O) groups excluding carboxylic acids is 4. The van der Waals surface area contributed by atoms with E-state index in [1.54, 1.807) is 37.8 Å². The molecule has 3 aliphatic rings. The Morgan fingerprint density at radius 2 is 1.49 bits per heavy atom. The number of rotatable bonds is 4. The smallest absolute Gasteiger partial charge is 0.255 e. The quantitative estimate of drug-likeness (QED) is 0.563. The summed E-state index contributed by atoms with van der Waals surface area (Å²) in [4.78, 5) is 60.9. The third-order valence-corrected chi connectivity index (χ3v) is 8.57. The lowest BCUT2D eigenvalue weighted by Crippen LogP contribution is -2.57.